The molecule has 4 nitrogen and oxygen atoms in total. The van der Waals surface area contributed by atoms with Gasteiger partial charge in [-0.15, -0.1) is 11.3 Å². The normalized spacial score (nSPS) is 12.5. The molecule has 0 spiro atoms. The lowest BCUT2D eigenvalue weighted by molar-refractivity contribution is 0.590. The number of hydrogen-bond acceptors (Lipinski definition) is 5. The van der Waals surface area contributed by atoms with Gasteiger partial charge in [-0.2, -0.15) is 0 Å². The number of hydrogen-bond donors (Lipinski definition) is 0. The predicted octanol–water partition coefficient (Wildman–Crippen LogP) is 19.2. The topological polar surface area (TPSA) is 32.8 Å². The summed E-state index contributed by atoms with van der Waals surface area (Å²) >= 11 is 1.79. The number of fused-ring (bicyclic) bond motifs is 14. The van der Waals surface area contributed by atoms with Crippen LogP contribution in [0.2, 0.25) is 0 Å². The maximum atomic E-state index is 7.28. The molecule has 0 unspecified atom stereocenters. The van der Waals surface area contributed by atoms with Gasteiger partial charge in [0.2, 0.25) is 0 Å². The number of anilines is 6. The molecule has 0 bridgehead atoms. The molecular weight excluding hydrogens is 837 g/mol. The van der Waals surface area contributed by atoms with Gasteiger partial charge in [-0.3, -0.25) is 0 Å². The van der Waals surface area contributed by atoms with Crippen LogP contribution in [0.25, 0.3) is 75.5 Å². The van der Waals surface area contributed by atoms with E-state index >= 15 is 0 Å². The van der Waals surface area contributed by atoms with Crippen LogP contribution >= 0.6 is 11.3 Å². The first-order valence-electron chi connectivity index (χ1n) is 23.3. The molecular formula is C62H52N2O2S. The van der Waals surface area contributed by atoms with Crippen molar-refractivity contribution in [2.24, 2.45) is 0 Å². The van der Waals surface area contributed by atoms with Crippen LogP contribution in [0.3, 0.4) is 0 Å². The van der Waals surface area contributed by atoms with Crippen LogP contribution in [0.1, 0.15) is 63.8 Å². The number of thiophene rings is 1. The largest absolute Gasteiger partial charge is 0.455 e. The molecule has 3 aromatic heterocycles. The predicted molar refractivity (Wildman–Crippen MR) is 288 cm³/mol. The van der Waals surface area contributed by atoms with Crippen molar-refractivity contribution in [1.82, 2.24) is 0 Å². The Morgan fingerprint density at radius 3 is 1.27 bits per heavy atom. The zero-order valence-corrected chi connectivity index (χ0v) is 40.1. The Morgan fingerprint density at radius 2 is 0.806 bits per heavy atom. The summed E-state index contributed by atoms with van der Waals surface area (Å²) in [6, 6.07) is 59.9. The number of nitrogens with zero attached hydrogens (tertiary/aromatic N) is 2. The summed E-state index contributed by atoms with van der Waals surface area (Å²) in [6.45, 7) is 18.0. The molecule has 0 aliphatic heterocycles. The van der Waals surface area contributed by atoms with Gasteiger partial charge in [0, 0.05) is 59.8 Å². The van der Waals surface area contributed by atoms with E-state index < -0.39 is 0 Å². The number of rotatable bonds is 6. The van der Waals surface area contributed by atoms with E-state index in [0.29, 0.717) is 0 Å². The Morgan fingerprint density at radius 1 is 0.388 bits per heavy atom. The lowest BCUT2D eigenvalue weighted by Crippen LogP contribution is -2.14. The van der Waals surface area contributed by atoms with Crippen LogP contribution in [0.4, 0.5) is 34.1 Å². The van der Waals surface area contributed by atoms with Crippen molar-refractivity contribution in [3.05, 3.63) is 191 Å². The molecule has 5 heteroatoms. The molecule has 0 fully saturated rings. The third kappa shape index (κ3) is 6.47. The van der Waals surface area contributed by atoms with Crippen molar-refractivity contribution < 1.29 is 8.83 Å². The van der Waals surface area contributed by atoms with Crippen LogP contribution in [-0.2, 0) is 10.8 Å². The van der Waals surface area contributed by atoms with Crippen LogP contribution in [0, 0.1) is 13.8 Å². The van der Waals surface area contributed by atoms with Crippen LogP contribution in [0.15, 0.2) is 178 Å². The summed E-state index contributed by atoms with van der Waals surface area (Å²) < 4.78 is 15.8. The molecule has 3 heterocycles. The molecule has 12 rings (SSSR count). The molecule has 0 aliphatic rings. The van der Waals surface area contributed by atoms with Gasteiger partial charge in [0.15, 0.2) is 0 Å². The van der Waals surface area contributed by atoms with E-state index in [0.717, 1.165) is 99.5 Å². The fourth-order valence-electron chi connectivity index (χ4n) is 10.4. The molecule has 0 N–H and O–H groups in total. The third-order valence-corrected chi connectivity index (χ3v) is 14.8. The maximum Gasteiger partial charge on any atom is 0.146 e. The molecule has 0 atom stereocenters. The average Bonchev–Trinajstić information content (AvgIpc) is 4.07. The van der Waals surface area contributed by atoms with Crippen LogP contribution in [0.5, 0.6) is 0 Å². The van der Waals surface area contributed by atoms with Crippen molar-refractivity contribution in [2.45, 2.75) is 66.2 Å². The number of para-hydroxylation sites is 4. The Bertz CT molecular complexity index is 3660. The molecule has 0 saturated heterocycles. The summed E-state index contributed by atoms with van der Waals surface area (Å²) in [5.74, 6) is 0. The van der Waals surface area contributed by atoms with E-state index in [1.807, 2.05) is 0 Å². The Balaban J connectivity index is 1.25. The third-order valence-electron chi connectivity index (χ3n) is 13.9. The van der Waals surface area contributed by atoms with Gasteiger partial charge >= 0.3 is 0 Å². The van der Waals surface area contributed by atoms with Gasteiger partial charge in [-0.25, -0.2) is 0 Å². The highest BCUT2D eigenvalue weighted by molar-refractivity contribution is 7.18. The quantitative estimate of drug-likeness (QED) is 0.156. The Labute approximate surface area is 395 Å². The fraction of sp³-hybridized carbons (Fsp3) is 0.161. The summed E-state index contributed by atoms with van der Waals surface area (Å²) in [4.78, 5) is 4.89. The fourth-order valence-corrected chi connectivity index (χ4v) is 11.3. The summed E-state index contributed by atoms with van der Waals surface area (Å²) in [5.41, 5.74) is 14.9. The molecule has 0 saturated carbocycles. The minimum atomic E-state index is 0.0182. The first-order chi connectivity index (χ1) is 32.3. The summed E-state index contributed by atoms with van der Waals surface area (Å²) in [5, 5.41) is 12.1. The van der Waals surface area contributed by atoms with Gasteiger partial charge in [0.05, 0.1) is 22.1 Å². The lowest BCUT2D eigenvalue weighted by atomic mass is 9.87. The van der Waals surface area contributed by atoms with Crippen molar-refractivity contribution in [1.29, 1.82) is 0 Å². The molecule has 328 valence electrons. The lowest BCUT2D eigenvalue weighted by Gasteiger charge is -2.30. The standard InChI is InChI=1S/C62H52N2O2S/c1-37-17-9-13-21-48(37)63(41-29-25-39(26-30-41)61(3,4)5)50-35-46-43-33-34-67-60(43)47-36-51(64(49-22-14-10-18-38(49)2)42-31-27-40(28-32-42)62(6,7)8)55-45-20-12-16-24-53(45)66-59(55)57(47)56(46)58-54(50)44-19-11-15-23-52(44)65-58/h9-36H,1-8H3. The van der Waals surface area contributed by atoms with E-state index in [9.17, 15) is 0 Å². The minimum Gasteiger partial charge on any atom is -0.455 e. The van der Waals surface area contributed by atoms with Gasteiger partial charge in [-0.1, -0.05) is 139 Å². The second kappa shape index (κ2) is 15.1. The maximum absolute atomic E-state index is 7.28. The molecule has 67 heavy (non-hydrogen) atoms. The highest BCUT2D eigenvalue weighted by Crippen LogP contribution is 2.55. The highest BCUT2D eigenvalue weighted by atomic mass is 32.1. The SMILES string of the molecule is Cc1ccccc1N(c1ccc(C(C)(C)C)cc1)c1cc2c3ccsc3c3cc(N(c4ccc(C(C)(C)C)cc4)c4ccccc4C)c4c5ccccc5oc4c3c2c2oc3ccccc3c12. The van der Waals surface area contributed by atoms with Gasteiger partial charge in [-0.05, 0) is 124 Å². The average molecular weight is 889 g/mol. The van der Waals surface area contributed by atoms with E-state index in [1.54, 1.807) is 11.3 Å². The Hall–Kier alpha value is -7.34. The van der Waals surface area contributed by atoms with Gasteiger partial charge < -0.3 is 18.6 Å². The van der Waals surface area contributed by atoms with Gasteiger partial charge in [0.25, 0.3) is 0 Å². The van der Waals surface area contributed by atoms with E-state index in [-0.39, 0.29) is 10.8 Å². The molecule has 9 aromatic carbocycles. The van der Waals surface area contributed by atoms with Gasteiger partial charge in [0.1, 0.15) is 22.3 Å². The van der Waals surface area contributed by atoms with Crippen LogP contribution in [-0.4, -0.2) is 0 Å². The summed E-state index contributed by atoms with van der Waals surface area (Å²) in [6.07, 6.45) is 0. The summed E-state index contributed by atoms with van der Waals surface area (Å²) in [7, 11) is 0. The zero-order chi connectivity index (χ0) is 45.9. The number of furan rings is 2. The van der Waals surface area contributed by atoms with Crippen molar-refractivity contribution >= 4 is 121 Å². The monoisotopic (exact) mass is 888 g/mol. The van der Waals surface area contributed by atoms with E-state index in [1.165, 1.54) is 32.3 Å². The van der Waals surface area contributed by atoms with E-state index in [4.69, 9.17) is 8.83 Å². The number of aryl methyl sites for hydroxylation is 2. The van der Waals surface area contributed by atoms with Crippen LogP contribution < -0.4 is 9.80 Å². The number of benzene rings is 9. The highest BCUT2D eigenvalue weighted by Gasteiger charge is 2.30. The molecule has 0 radical (unpaired) electrons. The Kier molecular flexibility index (Phi) is 9.26. The van der Waals surface area contributed by atoms with Crippen molar-refractivity contribution in [3.8, 4) is 0 Å². The second-order valence-corrected chi connectivity index (χ2v) is 21.2. The minimum absolute atomic E-state index is 0.0182. The van der Waals surface area contributed by atoms with Crippen molar-refractivity contribution in [2.75, 3.05) is 9.80 Å². The smallest absolute Gasteiger partial charge is 0.146 e. The molecule has 0 aliphatic carbocycles. The van der Waals surface area contributed by atoms with Crippen molar-refractivity contribution in [3.63, 3.8) is 0 Å². The molecule has 0 amide bonds. The van der Waals surface area contributed by atoms with E-state index in [2.05, 4.69) is 234 Å². The second-order valence-electron chi connectivity index (χ2n) is 20.2. The molecule has 12 aromatic rings. The first kappa shape index (κ1) is 41.1. The first-order valence-corrected chi connectivity index (χ1v) is 24.2. The zero-order valence-electron chi connectivity index (χ0n) is 39.3.